The van der Waals surface area contributed by atoms with Crippen molar-refractivity contribution >= 4 is 11.6 Å². The van der Waals surface area contributed by atoms with Crippen LogP contribution in [0.4, 0.5) is 0 Å². The molecule has 0 aliphatic carbocycles. The van der Waals surface area contributed by atoms with Gasteiger partial charge in [-0.05, 0) is 17.0 Å². The molecule has 1 aromatic rings. The van der Waals surface area contributed by atoms with Gasteiger partial charge in [-0.2, -0.15) is 0 Å². The van der Waals surface area contributed by atoms with Crippen LogP contribution in [0.15, 0.2) is 4.42 Å². The Labute approximate surface area is 70.8 Å². The van der Waals surface area contributed by atoms with E-state index in [2.05, 4.69) is 31.0 Å². The average molecular weight is 175 g/mol. The van der Waals surface area contributed by atoms with Crippen LogP contribution in [0, 0.1) is 5.41 Å². The highest BCUT2D eigenvalue weighted by atomic mass is 35.5. The number of hydrogen-bond acceptors (Lipinski definition) is 3. The zero-order chi connectivity index (χ0) is 8.48. The lowest BCUT2D eigenvalue weighted by Gasteiger charge is -2.13. The minimum Gasteiger partial charge on any atom is -0.412 e. The third-order valence-electron chi connectivity index (χ3n) is 1.12. The fourth-order valence-electron chi connectivity index (χ4n) is 0.758. The third kappa shape index (κ3) is 2.89. The minimum absolute atomic E-state index is 0.115. The SMILES string of the molecule is CC(C)(C)Cc1nnc(Cl)o1. The summed E-state index contributed by atoms with van der Waals surface area (Å²) in [6.45, 7) is 6.31. The van der Waals surface area contributed by atoms with E-state index in [-0.39, 0.29) is 10.8 Å². The molecule has 1 rings (SSSR count). The van der Waals surface area contributed by atoms with Gasteiger partial charge < -0.3 is 4.42 Å². The Balaban J connectivity index is 2.65. The first-order valence-corrected chi connectivity index (χ1v) is 3.83. The van der Waals surface area contributed by atoms with E-state index in [4.69, 9.17) is 16.0 Å². The van der Waals surface area contributed by atoms with Gasteiger partial charge in [-0.25, -0.2) is 0 Å². The fraction of sp³-hybridized carbons (Fsp3) is 0.714. The van der Waals surface area contributed by atoms with Crippen LogP contribution in [0.3, 0.4) is 0 Å². The van der Waals surface area contributed by atoms with E-state index in [1.807, 2.05) is 0 Å². The fourth-order valence-corrected chi connectivity index (χ4v) is 0.885. The van der Waals surface area contributed by atoms with E-state index >= 15 is 0 Å². The largest absolute Gasteiger partial charge is 0.412 e. The normalized spacial score (nSPS) is 12.0. The van der Waals surface area contributed by atoms with Gasteiger partial charge in [0.1, 0.15) is 0 Å². The Bertz CT molecular complexity index is 239. The second-order valence-corrected chi connectivity index (χ2v) is 4.01. The van der Waals surface area contributed by atoms with Crippen molar-refractivity contribution in [2.24, 2.45) is 5.41 Å². The maximum atomic E-state index is 5.45. The van der Waals surface area contributed by atoms with Crippen LogP contribution in [-0.4, -0.2) is 10.2 Å². The Morgan fingerprint density at radius 3 is 2.36 bits per heavy atom. The summed E-state index contributed by atoms with van der Waals surface area (Å²) in [5, 5.41) is 7.42. The van der Waals surface area contributed by atoms with Crippen LogP contribution in [-0.2, 0) is 6.42 Å². The first kappa shape index (κ1) is 8.53. The van der Waals surface area contributed by atoms with Gasteiger partial charge in [0, 0.05) is 6.42 Å². The van der Waals surface area contributed by atoms with Gasteiger partial charge in [0.2, 0.25) is 5.89 Å². The molecule has 0 saturated heterocycles. The van der Waals surface area contributed by atoms with Crippen molar-refractivity contribution in [2.45, 2.75) is 27.2 Å². The van der Waals surface area contributed by atoms with Gasteiger partial charge in [0.15, 0.2) is 0 Å². The van der Waals surface area contributed by atoms with Crippen molar-refractivity contribution in [3.63, 3.8) is 0 Å². The van der Waals surface area contributed by atoms with Crippen molar-refractivity contribution in [1.82, 2.24) is 10.2 Å². The molecule has 0 radical (unpaired) electrons. The highest BCUT2D eigenvalue weighted by Gasteiger charge is 2.15. The summed E-state index contributed by atoms with van der Waals surface area (Å²) in [6, 6.07) is 0. The van der Waals surface area contributed by atoms with Crippen molar-refractivity contribution < 1.29 is 4.42 Å². The summed E-state index contributed by atoms with van der Waals surface area (Å²) in [7, 11) is 0. The van der Waals surface area contributed by atoms with Crippen LogP contribution in [0.5, 0.6) is 0 Å². The van der Waals surface area contributed by atoms with Gasteiger partial charge in [-0.15, -0.1) is 5.10 Å². The van der Waals surface area contributed by atoms with E-state index in [0.717, 1.165) is 6.42 Å². The topological polar surface area (TPSA) is 38.9 Å². The summed E-state index contributed by atoms with van der Waals surface area (Å²) in [6.07, 6.45) is 0.757. The Hall–Kier alpha value is -0.570. The first-order valence-electron chi connectivity index (χ1n) is 3.45. The predicted molar refractivity (Wildman–Crippen MR) is 42.5 cm³/mol. The van der Waals surface area contributed by atoms with Gasteiger partial charge in [-0.1, -0.05) is 25.9 Å². The smallest absolute Gasteiger partial charge is 0.312 e. The molecule has 0 spiro atoms. The van der Waals surface area contributed by atoms with E-state index in [0.29, 0.717) is 5.89 Å². The Morgan fingerprint density at radius 1 is 1.36 bits per heavy atom. The van der Waals surface area contributed by atoms with Gasteiger partial charge >= 0.3 is 5.35 Å². The molecule has 0 aliphatic rings. The Morgan fingerprint density at radius 2 is 2.00 bits per heavy atom. The van der Waals surface area contributed by atoms with Gasteiger partial charge in [-0.3, -0.25) is 0 Å². The molecular weight excluding hydrogens is 164 g/mol. The highest BCUT2D eigenvalue weighted by Crippen LogP contribution is 2.20. The van der Waals surface area contributed by atoms with Crippen molar-refractivity contribution in [1.29, 1.82) is 0 Å². The molecule has 11 heavy (non-hydrogen) atoms. The number of rotatable bonds is 1. The van der Waals surface area contributed by atoms with E-state index < -0.39 is 0 Å². The summed E-state index contributed by atoms with van der Waals surface area (Å²) < 4.78 is 5.00. The van der Waals surface area contributed by atoms with Crippen LogP contribution < -0.4 is 0 Å². The zero-order valence-electron chi connectivity index (χ0n) is 6.89. The van der Waals surface area contributed by atoms with Gasteiger partial charge in [0.25, 0.3) is 0 Å². The molecule has 62 valence electrons. The third-order valence-corrected chi connectivity index (χ3v) is 1.28. The number of aromatic nitrogens is 2. The van der Waals surface area contributed by atoms with Crippen LogP contribution in [0.1, 0.15) is 26.7 Å². The first-order chi connectivity index (χ1) is 4.97. The van der Waals surface area contributed by atoms with Crippen molar-refractivity contribution in [2.75, 3.05) is 0 Å². The second-order valence-electron chi connectivity index (χ2n) is 3.69. The van der Waals surface area contributed by atoms with E-state index in [9.17, 15) is 0 Å². The monoisotopic (exact) mass is 174 g/mol. The molecule has 1 aromatic heterocycles. The average Bonchev–Trinajstić information content (AvgIpc) is 2.10. The number of nitrogens with zero attached hydrogens (tertiary/aromatic N) is 2. The molecule has 0 fully saturated rings. The standard InChI is InChI=1S/C7H11ClN2O/c1-7(2,3)4-5-9-10-6(8)11-5/h4H2,1-3H3. The van der Waals surface area contributed by atoms with E-state index in [1.54, 1.807) is 0 Å². The molecule has 4 heteroatoms. The molecule has 0 aliphatic heterocycles. The maximum Gasteiger partial charge on any atom is 0.312 e. The molecular formula is C7H11ClN2O. The molecule has 3 nitrogen and oxygen atoms in total. The van der Waals surface area contributed by atoms with Crippen LogP contribution >= 0.6 is 11.6 Å². The van der Waals surface area contributed by atoms with Crippen molar-refractivity contribution in [3.8, 4) is 0 Å². The quantitative estimate of drug-likeness (QED) is 0.656. The number of halogens is 1. The second kappa shape index (κ2) is 2.81. The lowest BCUT2D eigenvalue weighted by molar-refractivity contribution is 0.354. The molecule has 0 saturated carbocycles. The molecule has 0 atom stereocenters. The summed E-state index contributed by atoms with van der Waals surface area (Å²) in [5.41, 5.74) is 0.163. The summed E-state index contributed by atoms with van der Waals surface area (Å²) in [4.78, 5) is 0. The Kier molecular flexibility index (Phi) is 2.18. The molecule has 0 amide bonds. The minimum atomic E-state index is 0.115. The number of hydrogen-bond donors (Lipinski definition) is 0. The van der Waals surface area contributed by atoms with Crippen LogP contribution in [0.2, 0.25) is 5.35 Å². The molecule has 0 aromatic carbocycles. The lowest BCUT2D eigenvalue weighted by Crippen LogP contribution is -2.09. The predicted octanol–water partition coefficient (Wildman–Crippen LogP) is 2.31. The van der Waals surface area contributed by atoms with Crippen molar-refractivity contribution in [3.05, 3.63) is 11.2 Å². The molecule has 0 unspecified atom stereocenters. The zero-order valence-corrected chi connectivity index (χ0v) is 7.64. The van der Waals surface area contributed by atoms with E-state index in [1.165, 1.54) is 0 Å². The lowest BCUT2D eigenvalue weighted by atomic mass is 9.92. The summed E-state index contributed by atoms with van der Waals surface area (Å²) >= 11 is 5.45. The molecule has 0 bridgehead atoms. The summed E-state index contributed by atoms with van der Waals surface area (Å²) in [5.74, 6) is 0.600. The molecule has 1 heterocycles. The molecule has 0 N–H and O–H groups in total. The maximum absolute atomic E-state index is 5.45. The van der Waals surface area contributed by atoms with Crippen LogP contribution in [0.25, 0.3) is 0 Å². The highest BCUT2D eigenvalue weighted by molar-refractivity contribution is 6.27. The van der Waals surface area contributed by atoms with Gasteiger partial charge in [0.05, 0.1) is 0 Å².